The van der Waals surface area contributed by atoms with Crippen LogP contribution in [0.5, 0.6) is 5.75 Å². The van der Waals surface area contributed by atoms with Crippen molar-refractivity contribution in [3.05, 3.63) is 53.8 Å². The first-order valence-corrected chi connectivity index (χ1v) is 7.40. The van der Waals surface area contributed by atoms with Gasteiger partial charge in [-0.2, -0.15) is 0 Å². The summed E-state index contributed by atoms with van der Waals surface area (Å²) in [5, 5.41) is 2.78. The molecule has 5 heteroatoms. The Bertz CT molecular complexity index is 646. The fourth-order valence-corrected chi connectivity index (χ4v) is 2.55. The van der Waals surface area contributed by atoms with E-state index in [0.29, 0.717) is 16.3 Å². The highest BCUT2D eigenvalue weighted by molar-refractivity contribution is 8.00. The molecule has 3 nitrogen and oxygen atoms in total. The van der Waals surface area contributed by atoms with Crippen LogP contribution >= 0.6 is 11.8 Å². The lowest BCUT2D eigenvalue weighted by Crippen LogP contribution is -2.14. The largest absolute Gasteiger partial charge is 0.495 e. The minimum atomic E-state index is -0.316. The second-order valence-electron chi connectivity index (χ2n) is 4.47. The summed E-state index contributed by atoms with van der Waals surface area (Å²) in [6.45, 7) is 1.93. The Labute approximate surface area is 127 Å². The van der Waals surface area contributed by atoms with Crippen molar-refractivity contribution in [2.75, 3.05) is 18.2 Å². The zero-order chi connectivity index (χ0) is 15.2. The number of amides is 1. The normalized spacial score (nSPS) is 10.2. The Morgan fingerprint density at radius 2 is 2.05 bits per heavy atom. The van der Waals surface area contributed by atoms with E-state index in [0.717, 1.165) is 17.3 Å². The van der Waals surface area contributed by atoms with E-state index in [2.05, 4.69) is 5.32 Å². The molecule has 0 aromatic heterocycles. The number of aryl methyl sites for hydroxylation is 1. The molecule has 0 saturated heterocycles. The second kappa shape index (κ2) is 7.13. The molecule has 21 heavy (non-hydrogen) atoms. The number of ether oxygens (including phenoxy) is 1. The number of nitrogens with one attached hydrogen (secondary N) is 1. The summed E-state index contributed by atoms with van der Waals surface area (Å²) in [6, 6.07) is 11.9. The lowest BCUT2D eigenvalue weighted by molar-refractivity contribution is -0.113. The molecule has 1 N–H and O–H groups in total. The third kappa shape index (κ3) is 4.23. The van der Waals surface area contributed by atoms with Crippen LogP contribution in [0.25, 0.3) is 0 Å². The van der Waals surface area contributed by atoms with Gasteiger partial charge in [-0.25, -0.2) is 4.39 Å². The van der Waals surface area contributed by atoms with Crippen molar-refractivity contribution in [3.8, 4) is 5.75 Å². The number of methoxy groups -OCH3 is 1. The van der Waals surface area contributed by atoms with Gasteiger partial charge in [-0.1, -0.05) is 18.2 Å². The Hall–Kier alpha value is -2.01. The second-order valence-corrected chi connectivity index (χ2v) is 5.49. The smallest absolute Gasteiger partial charge is 0.234 e. The zero-order valence-electron chi connectivity index (χ0n) is 11.9. The van der Waals surface area contributed by atoms with Crippen LogP contribution in [0.15, 0.2) is 47.4 Å². The fraction of sp³-hybridized carbons (Fsp3) is 0.188. The number of hydrogen-bond donors (Lipinski definition) is 1. The van der Waals surface area contributed by atoms with Crippen molar-refractivity contribution in [1.82, 2.24) is 0 Å². The molecule has 2 rings (SSSR count). The van der Waals surface area contributed by atoms with E-state index in [4.69, 9.17) is 4.74 Å². The van der Waals surface area contributed by atoms with E-state index in [-0.39, 0.29) is 17.5 Å². The van der Waals surface area contributed by atoms with Crippen molar-refractivity contribution in [3.63, 3.8) is 0 Å². The third-order valence-corrected chi connectivity index (χ3v) is 3.87. The molecule has 2 aromatic carbocycles. The molecule has 0 radical (unpaired) electrons. The minimum absolute atomic E-state index is 0.137. The average molecular weight is 305 g/mol. The van der Waals surface area contributed by atoms with E-state index >= 15 is 0 Å². The maximum absolute atomic E-state index is 13.5. The Balaban J connectivity index is 1.99. The fourth-order valence-electron chi connectivity index (χ4n) is 1.81. The monoisotopic (exact) mass is 305 g/mol. The SMILES string of the molecule is COc1ccc(C)cc1NC(=O)CSc1ccccc1F. The van der Waals surface area contributed by atoms with Crippen LogP contribution in [0.2, 0.25) is 0 Å². The maximum atomic E-state index is 13.5. The molecule has 0 aliphatic rings. The molecule has 0 atom stereocenters. The first-order valence-electron chi connectivity index (χ1n) is 6.42. The molecule has 110 valence electrons. The van der Waals surface area contributed by atoms with Gasteiger partial charge in [-0.3, -0.25) is 4.79 Å². The van der Waals surface area contributed by atoms with Gasteiger partial charge in [-0.15, -0.1) is 11.8 Å². The van der Waals surface area contributed by atoms with E-state index in [1.165, 1.54) is 6.07 Å². The molecule has 1 amide bonds. The molecule has 0 aliphatic heterocycles. The summed E-state index contributed by atoms with van der Waals surface area (Å²) in [7, 11) is 1.55. The zero-order valence-corrected chi connectivity index (χ0v) is 12.7. The summed E-state index contributed by atoms with van der Waals surface area (Å²) >= 11 is 1.16. The molecule has 2 aromatic rings. The van der Waals surface area contributed by atoms with Crippen molar-refractivity contribution >= 4 is 23.4 Å². The van der Waals surface area contributed by atoms with Crippen molar-refractivity contribution in [1.29, 1.82) is 0 Å². The summed E-state index contributed by atoms with van der Waals surface area (Å²) in [5.41, 5.74) is 1.64. The molecule has 0 heterocycles. The highest BCUT2D eigenvalue weighted by Gasteiger charge is 2.09. The Morgan fingerprint density at radius 1 is 1.29 bits per heavy atom. The summed E-state index contributed by atoms with van der Waals surface area (Å²) in [6.07, 6.45) is 0. The van der Waals surface area contributed by atoms with Gasteiger partial charge in [-0.05, 0) is 36.8 Å². The van der Waals surface area contributed by atoms with Crippen molar-refractivity contribution in [2.45, 2.75) is 11.8 Å². The number of carbonyl (C=O) groups is 1. The van der Waals surface area contributed by atoms with Crippen LogP contribution in [0.1, 0.15) is 5.56 Å². The first kappa shape index (κ1) is 15.4. The minimum Gasteiger partial charge on any atom is -0.495 e. The molecule has 0 unspecified atom stereocenters. The van der Waals surface area contributed by atoms with Gasteiger partial charge in [0.15, 0.2) is 0 Å². The summed E-state index contributed by atoms with van der Waals surface area (Å²) in [4.78, 5) is 12.4. The molecule has 0 saturated carbocycles. The molecule has 0 fully saturated rings. The van der Waals surface area contributed by atoms with E-state index in [9.17, 15) is 9.18 Å². The van der Waals surface area contributed by atoms with Crippen molar-refractivity contribution < 1.29 is 13.9 Å². The van der Waals surface area contributed by atoms with Crippen LogP contribution in [0.4, 0.5) is 10.1 Å². The van der Waals surface area contributed by atoms with Gasteiger partial charge >= 0.3 is 0 Å². The highest BCUT2D eigenvalue weighted by atomic mass is 32.2. The van der Waals surface area contributed by atoms with Gasteiger partial charge in [0.1, 0.15) is 11.6 Å². The predicted octanol–water partition coefficient (Wildman–Crippen LogP) is 3.87. The quantitative estimate of drug-likeness (QED) is 0.852. The van der Waals surface area contributed by atoms with Gasteiger partial charge in [0, 0.05) is 4.90 Å². The number of anilines is 1. The average Bonchev–Trinajstić information content (AvgIpc) is 2.47. The molecule has 0 bridgehead atoms. The van der Waals surface area contributed by atoms with Gasteiger partial charge in [0.05, 0.1) is 18.6 Å². The van der Waals surface area contributed by atoms with Gasteiger partial charge in [0.25, 0.3) is 0 Å². The van der Waals surface area contributed by atoms with Crippen LogP contribution in [-0.4, -0.2) is 18.8 Å². The number of thioether (sulfide) groups is 1. The number of rotatable bonds is 5. The predicted molar refractivity (Wildman–Crippen MR) is 83.5 cm³/mol. The van der Waals surface area contributed by atoms with E-state index < -0.39 is 0 Å². The third-order valence-electron chi connectivity index (χ3n) is 2.82. The maximum Gasteiger partial charge on any atom is 0.234 e. The lowest BCUT2D eigenvalue weighted by atomic mass is 10.2. The number of benzene rings is 2. The Kier molecular flexibility index (Phi) is 5.22. The lowest BCUT2D eigenvalue weighted by Gasteiger charge is -2.11. The molecular formula is C16H16FNO2S. The van der Waals surface area contributed by atoms with E-state index in [1.807, 2.05) is 19.1 Å². The van der Waals surface area contributed by atoms with Crippen LogP contribution < -0.4 is 10.1 Å². The standard InChI is InChI=1S/C16H16FNO2S/c1-11-7-8-14(20-2)13(9-11)18-16(19)10-21-15-6-4-3-5-12(15)17/h3-9H,10H2,1-2H3,(H,18,19). The van der Waals surface area contributed by atoms with Crippen LogP contribution in [0.3, 0.4) is 0 Å². The molecule has 0 aliphatic carbocycles. The number of halogens is 1. The van der Waals surface area contributed by atoms with E-state index in [1.54, 1.807) is 31.4 Å². The van der Waals surface area contributed by atoms with Crippen LogP contribution in [0, 0.1) is 12.7 Å². The molecule has 0 spiro atoms. The van der Waals surface area contributed by atoms with Crippen LogP contribution in [-0.2, 0) is 4.79 Å². The number of carbonyl (C=O) groups excluding carboxylic acids is 1. The highest BCUT2D eigenvalue weighted by Crippen LogP contribution is 2.26. The number of hydrogen-bond acceptors (Lipinski definition) is 3. The van der Waals surface area contributed by atoms with Crippen molar-refractivity contribution in [2.24, 2.45) is 0 Å². The first-order chi connectivity index (χ1) is 10.1. The van der Waals surface area contributed by atoms with Gasteiger partial charge in [0.2, 0.25) is 5.91 Å². The summed E-state index contributed by atoms with van der Waals surface area (Å²) in [5.74, 6) is 0.221. The molecular weight excluding hydrogens is 289 g/mol. The summed E-state index contributed by atoms with van der Waals surface area (Å²) < 4.78 is 18.7. The topological polar surface area (TPSA) is 38.3 Å². The Morgan fingerprint density at radius 3 is 2.76 bits per heavy atom. The van der Waals surface area contributed by atoms with Gasteiger partial charge < -0.3 is 10.1 Å².